The molecule has 3 nitrogen and oxygen atoms in total. The Balaban J connectivity index is 1.85. The minimum Gasteiger partial charge on any atom is -0.456 e. The number of hydrogen-bond donors (Lipinski definition) is 0. The predicted octanol–water partition coefficient (Wildman–Crippen LogP) is 7.07. The maximum Gasteiger partial charge on any atom is 0.223 e. The molecule has 4 heteroatoms. The van der Waals surface area contributed by atoms with Gasteiger partial charge in [-0.25, -0.2) is 0 Å². The van der Waals surface area contributed by atoms with Crippen LogP contribution in [0.25, 0.3) is 61.0 Å². The summed E-state index contributed by atoms with van der Waals surface area (Å²) in [5.41, 5.74) is 9.04. The highest BCUT2D eigenvalue weighted by Gasteiger charge is 2.31. The van der Waals surface area contributed by atoms with Crippen molar-refractivity contribution in [1.29, 1.82) is 0 Å². The summed E-state index contributed by atoms with van der Waals surface area (Å²) in [5.74, 6) is 0. The summed E-state index contributed by atoms with van der Waals surface area (Å²) in [6.07, 6.45) is 0. The fourth-order valence-electron chi connectivity index (χ4n) is 4.62. The van der Waals surface area contributed by atoms with Gasteiger partial charge in [0.15, 0.2) is 0 Å². The molecule has 2 aliphatic heterocycles. The van der Waals surface area contributed by atoms with E-state index < -0.39 is 0 Å². The molecule has 0 radical (unpaired) electrons. The molecule has 0 N–H and O–H groups in total. The predicted molar refractivity (Wildman–Crippen MR) is 118 cm³/mol. The van der Waals surface area contributed by atoms with Gasteiger partial charge in [0.05, 0.1) is 16.3 Å². The number of nitrogens with zero attached hydrogens (tertiary/aromatic N) is 1. The highest BCUT2D eigenvalue weighted by Crippen LogP contribution is 2.47. The summed E-state index contributed by atoms with van der Waals surface area (Å²) in [5, 5.41) is 2.25. The second-order valence-electron chi connectivity index (χ2n) is 7.32. The number of pyridine rings is 1. The topological polar surface area (TPSA) is 30.2 Å². The Morgan fingerprint density at radius 1 is 0.552 bits per heavy atom. The zero-order valence-electron chi connectivity index (χ0n) is 15.1. The van der Waals surface area contributed by atoms with E-state index in [9.17, 15) is 0 Å². The van der Waals surface area contributed by atoms with Crippen LogP contribution >= 0.6 is 15.9 Å². The van der Waals surface area contributed by atoms with E-state index in [2.05, 4.69) is 69.0 Å². The summed E-state index contributed by atoms with van der Waals surface area (Å²) in [6, 6.07) is 26.9. The highest BCUT2D eigenvalue weighted by molar-refractivity contribution is 9.10. The Morgan fingerprint density at radius 3 is 1.66 bits per heavy atom. The van der Waals surface area contributed by atoms with E-state index in [1.807, 2.05) is 30.3 Å². The zero-order chi connectivity index (χ0) is 19.1. The fraction of sp³-hybridized carbons (Fsp3) is 0. The van der Waals surface area contributed by atoms with Crippen LogP contribution in [0.3, 0.4) is 0 Å². The fourth-order valence-corrected chi connectivity index (χ4v) is 4.89. The second kappa shape index (κ2) is 5.37. The van der Waals surface area contributed by atoms with Gasteiger partial charge in [-0.05, 0) is 36.4 Å². The molecule has 0 unspecified atom stereocenters. The first kappa shape index (κ1) is 15.5. The van der Waals surface area contributed by atoms with E-state index in [0.29, 0.717) is 0 Å². The number of benzene rings is 4. The Hall–Kier alpha value is -3.37. The minimum absolute atomic E-state index is 0.847. The van der Waals surface area contributed by atoms with Crippen LogP contribution in [0.4, 0.5) is 0 Å². The van der Waals surface area contributed by atoms with Crippen LogP contribution in [0.2, 0.25) is 0 Å². The van der Waals surface area contributed by atoms with Gasteiger partial charge in [0.2, 0.25) is 16.7 Å². The van der Waals surface area contributed by atoms with E-state index in [-0.39, 0.29) is 0 Å². The maximum atomic E-state index is 6.32. The smallest absolute Gasteiger partial charge is 0.223 e. The SMILES string of the molecule is Brc1ccc(-[n+]2c3cccc4oc5cccc6oc7cccc2c7c(c43)-c56)cc1. The van der Waals surface area contributed by atoms with Crippen molar-refractivity contribution in [3.05, 3.63) is 83.3 Å². The Labute approximate surface area is 173 Å². The second-order valence-corrected chi connectivity index (χ2v) is 8.24. The molecule has 29 heavy (non-hydrogen) atoms. The van der Waals surface area contributed by atoms with Crippen molar-refractivity contribution in [2.75, 3.05) is 0 Å². The van der Waals surface area contributed by atoms with Gasteiger partial charge in [-0.2, -0.15) is 4.57 Å². The van der Waals surface area contributed by atoms with Crippen molar-refractivity contribution in [2.24, 2.45) is 0 Å². The van der Waals surface area contributed by atoms with Gasteiger partial charge < -0.3 is 8.83 Å². The third-order valence-corrected chi connectivity index (χ3v) is 6.28. The lowest BCUT2D eigenvalue weighted by Gasteiger charge is -2.18. The van der Waals surface area contributed by atoms with Crippen LogP contribution in [-0.4, -0.2) is 0 Å². The Kier molecular flexibility index (Phi) is 2.88. The number of rotatable bonds is 1. The van der Waals surface area contributed by atoms with Gasteiger partial charge in [-0.3, -0.25) is 0 Å². The molecule has 7 rings (SSSR count). The molecular formula is C25H13BrNO2+. The molecule has 0 saturated carbocycles. The molecule has 0 aliphatic carbocycles. The van der Waals surface area contributed by atoms with E-state index in [0.717, 1.165) is 59.9 Å². The van der Waals surface area contributed by atoms with Crippen molar-refractivity contribution in [3.63, 3.8) is 0 Å². The molecule has 2 aliphatic rings. The van der Waals surface area contributed by atoms with Gasteiger partial charge in [-0.1, -0.05) is 34.1 Å². The molecule has 0 saturated heterocycles. The quantitative estimate of drug-likeness (QED) is 0.156. The summed E-state index contributed by atoms with van der Waals surface area (Å²) < 4.78 is 16.0. The number of aromatic nitrogens is 1. The van der Waals surface area contributed by atoms with Gasteiger partial charge in [-0.15, -0.1) is 0 Å². The summed E-state index contributed by atoms with van der Waals surface area (Å²) in [6.45, 7) is 0. The number of hydrogen-bond acceptors (Lipinski definition) is 2. The standard InChI is InChI=1S/C25H13BrNO2/c26-14-10-12-15(13-11-14)27-16-4-1-6-18-22(16)25-23-17(27)5-2-7-19(23)29-21-9-3-8-20(28-18)24(21)25/h1-13H/q+1. The molecule has 0 fully saturated rings. The van der Waals surface area contributed by atoms with Crippen LogP contribution < -0.4 is 4.57 Å². The van der Waals surface area contributed by atoms with Crippen LogP contribution in [0.1, 0.15) is 0 Å². The van der Waals surface area contributed by atoms with Gasteiger partial charge in [0.1, 0.15) is 22.3 Å². The minimum atomic E-state index is 0.847. The molecule has 4 aromatic carbocycles. The van der Waals surface area contributed by atoms with Crippen LogP contribution in [0.5, 0.6) is 0 Å². The summed E-state index contributed by atoms with van der Waals surface area (Å²) >= 11 is 3.55. The van der Waals surface area contributed by atoms with Crippen molar-refractivity contribution in [3.8, 4) is 16.8 Å². The largest absolute Gasteiger partial charge is 0.456 e. The van der Waals surface area contributed by atoms with E-state index in [1.54, 1.807) is 0 Å². The molecule has 3 heterocycles. The maximum absolute atomic E-state index is 6.32. The van der Waals surface area contributed by atoms with Crippen molar-refractivity contribution >= 4 is 60.1 Å². The summed E-state index contributed by atoms with van der Waals surface area (Å²) in [7, 11) is 0. The third kappa shape index (κ3) is 1.94. The van der Waals surface area contributed by atoms with Crippen LogP contribution in [-0.2, 0) is 0 Å². The molecule has 0 spiro atoms. The summed E-state index contributed by atoms with van der Waals surface area (Å²) in [4.78, 5) is 0. The monoisotopic (exact) mass is 438 g/mol. The van der Waals surface area contributed by atoms with E-state index >= 15 is 0 Å². The molecule has 0 amide bonds. The molecule has 136 valence electrons. The lowest BCUT2D eigenvalue weighted by molar-refractivity contribution is -0.537. The van der Waals surface area contributed by atoms with Crippen molar-refractivity contribution < 1.29 is 13.4 Å². The van der Waals surface area contributed by atoms with E-state index in [4.69, 9.17) is 8.83 Å². The average Bonchev–Trinajstić information content (AvgIpc) is 2.75. The Bertz CT molecular complexity index is 1560. The first-order valence-corrected chi connectivity index (χ1v) is 10.3. The van der Waals surface area contributed by atoms with Gasteiger partial charge >= 0.3 is 0 Å². The highest BCUT2D eigenvalue weighted by atomic mass is 79.9. The van der Waals surface area contributed by atoms with Crippen LogP contribution in [0.15, 0.2) is 92.2 Å². The molecular weight excluding hydrogens is 426 g/mol. The van der Waals surface area contributed by atoms with Crippen molar-refractivity contribution in [2.45, 2.75) is 0 Å². The van der Waals surface area contributed by atoms with Gasteiger partial charge in [0, 0.05) is 34.3 Å². The average molecular weight is 439 g/mol. The van der Waals surface area contributed by atoms with Crippen molar-refractivity contribution in [1.82, 2.24) is 0 Å². The Morgan fingerprint density at radius 2 is 1.07 bits per heavy atom. The first-order valence-electron chi connectivity index (χ1n) is 9.48. The molecule has 0 atom stereocenters. The third-order valence-electron chi connectivity index (χ3n) is 5.75. The molecule has 1 aromatic heterocycles. The lowest BCUT2D eigenvalue weighted by atomic mass is 9.92. The number of halogens is 1. The van der Waals surface area contributed by atoms with Gasteiger partial charge in [0.25, 0.3) is 0 Å². The van der Waals surface area contributed by atoms with Crippen LogP contribution in [0, 0.1) is 0 Å². The molecule has 5 aromatic rings. The normalized spacial score (nSPS) is 12.3. The van der Waals surface area contributed by atoms with E-state index in [1.165, 1.54) is 5.56 Å². The first-order chi connectivity index (χ1) is 14.3. The lowest BCUT2D eigenvalue weighted by Crippen LogP contribution is -2.33. The zero-order valence-corrected chi connectivity index (χ0v) is 16.7. The molecule has 0 bridgehead atoms.